The molecule has 0 saturated heterocycles. The first-order valence-corrected chi connectivity index (χ1v) is 16.3. The third-order valence-corrected chi connectivity index (χ3v) is 9.84. The number of fused-ring (bicyclic) bond motifs is 1. The molecule has 2 aromatic carbocycles. The van der Waals surface area contributed by atoms with Gasteiger partial charge in [0.1, 0.15) is 11.5 Å². The molecule has 4 rings (SSSR count). The number of aliphatic hydroxyl groups is 1. The molecule has 0 spiro atoms. The molecule has 0 radical (unpaired) electrons. The number of ether oxygens (including phenoxy) is 1. The predicted octanol–water partition coefficient (Wildman–Crippen LogP) is 6.45. The summed E-state index contributed by atoms with van der Waals surface area (Å²) in [5, 5.41) is 11.5. The van der Waals surface area contributed by atoms with Crippen molar-refractivity contribution in [2.75, 3.05) is 30.3 Å². The number of carbonyl (C=O) groups excluding carboxylic acids is 1. The van der Waals surface area contributed by atoms with E-state index in [9.17, 15) is 14.5 Å². The fraction of sp³-hybridized carbons (Fsp3) is 0.485. The molecule has 0 bridgehead atoms. The smallest absolute Gasteiger partial charge is 0.292 e. The highest BCUT2D eigenvalue weighted by Gasteiger charge is 2.38. The molecule has 2 N–H and O–H groups in total. The van der Waals surface area contributed by atoms with Crippen LogP contribution >= 0.6 is 11.6 Å². The van der Waals surface area contributed by atoms with Crippen molar-refractivity contribution in [1.82, 2.24) is 4.72 Å². The fourth-order valence-corrected chi connectivity index (χ4v) is 7.14. The van der Waals surface area contributed by atoms with E-state index in [1.54, 1.807) is 18.2 Å². The summed E-state index contributed by atoms with van der Waals surface area (Å²) in [6, 6.07) is 11.5. The molecular formula is C33H43ClN2O4S. The molecule has 6 atom stereocenters. The summed E-state index contributed by atoms with van der Waals surface area (Å²) in [6.07, 6.45) is 7.68. The van der Waals surface area contributed by atoms with E-state index in [-0.39, 0.29) is 23.7 Å². The minimum absolute atomic E-state index is 0.0290. The molecule has 6 nitrogen and oxygen atoms in total. The third-order valence-electron chi connectivity index (χ3n) is 8.36. The molecule has 8 heteroatoms. The van der Waals surface area contributed by atoms with Gasteiger partial charge < -0.3 is 19.3 Å². The number of halogens is 1. The van der Waals surface area contributed by atoms with E-state index in [1.807, 2.05) is 25.1 Å². The second kappa shape index (κ2) is 14.6. The molecule has 2 aliphatic rings. The summed E-state index contributed by atoms with van der Waals surface area (Å²) >= 11 is 4.87. The maximum Gasteiger partial charge on any atom is 0.292 e. The number of anilines is 1. The molecule has 6 unspecified atom stereocenters. The second-order valence-electron chi connectivity index (χ2n) is 11.4. The highest BCUT2D eigenvalue weighted by Crippen LogP contribution is 2.42. The molecule has 1 aliphatic carbocycles. The van der Waals surface area contributed by atoms with E-state index in [1.165, 1.54) is 11.1 Å². The molecule has 2 aromatic rings. The zero-order chi connectivity index (χ0) is 29.5. The SMILES string of the molecule is C=CCC(O)C1CCC1CN1CC(c2ccc(Cl)cc2CCC)COc2ccc(C(=O)N[S+]([O-])CC(C)C=C)cc21. The van der Waals surface area contributed by atoms with E-state index < -0.39 is 17.5 Å². The zero-order valence-corrected chi connectivity index (χ0v) is 25.8. The fourth-order valence-electron chi connectivity index (χ4n) is 5.92. The van der Waals surface area contributed by atoms with E-state index >= 15 is 0 Å². The van der Waals surface area contributed by atoms with E-state index in [2.05, 4.69) is 41.8 Å². The van der Waals surface area contributed by atoms with Gasteiger partial charge in [-0.1, -0.05) is 50.1 Å². The van der Waals surface area contributed by atoms with Gasteiger partial charge in [-0.2, -0.15) is 4.72 Å². The number of hydrogen-bond donors (Lipinski definition) is 2. The standard InChI is InChI=1S/C33H43ClN2O4S/c1-5-8-23-16-27(34)12-14-28(23)26-19-36(18-25-10-13-29(25)31(37)9-6-2)30-17-24(11-15-32(30)40-20-26)33(38)35-41(39)21-22(4)7-3/h6-7,11-12,14-17,22,25-26,29,31,37H,2-3,5,8-10,13,18-21H2,1,4H3,(H,35,38). The average molecular weight is 599 g/mol. The Morgan fingerprint density at radius 2 is 2.10 bits per heavy atom. The monoisotopic (exact) mass is 598 g/mol. The van der Waals surface area contributed by atoms with Gasteiger partial charge in [-0.05, 0) is 79.0 Å². The molecule has 1 amide bonds. The van der Waals surface area contributed by atoms with Crippen molar-refractivity contribution >= 4 is 34.6 Å². The van der Waals surface area contributed by atoms with Gasteiger partial charge in [0.05, 0.1) is 29.8 Å². The Morgan fingerprint density at radius 1 is 1.29 bits per heavy atom. The average Bonchev–Trinajstić information content (AvgIpc) is 3.10. The molecular weight excluding hydrogens is 556 g/mol. The Morgan fingerprint density at radius 3 is 2.78 bits per heavy atom. The first-order chi connectivity index (χ1) is 19.7. The highest BCUT2D eigenvalue weighted by molar-refractivity contribution is 7.90. The maximum atomic E-state index is 13.1. The summed E-state index contributed by atoms with van der Waals surface area (Å²) in [7, 11) is 0. The van der Waals surface area contributed by atoms with Crippen molar-refractivity contribution in [3.63, 3.8) is 0 Å². The number of benzene rings is 2. The Labute approximate surface area is 253 Å². The van der Waals surface area contributed by atoms with Gasteiger partial charge in [0.25, 0.3) is 5.91 Å². The molecule has 0 aromatic heterocycles. The van der Waals surface area contributed by atoms with Crippen LogP contribution in [0.1, 0.15) is 66.9 Å². The first-order valence-electron chi connectivity index (χ1n) is 14.6. The number of amides is 1. The number of nitrogens with zero attached hydrogens (tertiary/aromatic N) is 1. The Hall–Kier alpha value is -2.45. The van der Waals surface area contributed by atoms with Crippen LogP contribution in [0, 0.1) is 17.8 Å². The summed E-state index contributed by atoms with van der Waals surface area (Å²) in [4.78, 5) is 15.4. The van der Waals surface area contributed by atoms with Gasteiger partial charge >= 0.3 is 0 Å². The van der Waals surface area contributed by atoms with Crippen LogP contribution in [-0.2, 0) is 17.8 Å². The molecule has 1 fully saturated rings. The zero-order valence-electron chi connectivity index (χ0n) is 24.2. The Balaban J connectivity index is 1.63. The minimum Gasteiger partial charge on any atom is -0.593 e. The van der Waals surface area contributed by atoms with Crippen molar-refractivity contribution in [2.45, 2.75) is 58.0 Å². The lowest BCUT2D eigenvalue weighted by Gasteiger charge is -2.43. The van der Waals surface area contributed by atoms with Crippen LogP contribution in [0.4, 0.5) is 5.69 Å². The Bertz CT molecular complexity index is 1220. The van der Waals surface area contributed by atoms with Crippen LogP contribution in [0.3, 0.4) is 0 Å². The molecule has 222 valence electrons. The topological polar surface area (TPSA) is 84.9 Å². The summed E-state index contributed by atoms with van der Waals surface area (Å²) in [5.41, 5.74) is 3.75. The van der Waals surface area contributed by atoms with Gasteiger partial charge in [-0.3, -0.25) is 4.79 Å². The van der Waals surface area contributed by atoms with Gasteiger partial charge in [0.2, 0.25) is 0 Å². The van der Waals surface area contributed by atoms with Crippen LogP contribution in [0.2, 0.25) is 5.02 Å². The van der Waals surface area contributed by atoms with Crippen LogP contribution in [0.25, 0.3) is 0 Å². The van der Waals surface area contributed by atoms with Crippen LogP contribution in [0.15, 0.2) is 61.7 Å². The highest BCUT2D eigenvalue weighted by atomic mass is 35.5. The van der Waals surface area contributed by atoms with Crippen molar-refractivity contribution in [1.29, 1.82) is 0 Å². The first kappa shape index (κ1) is 31.5. The van der Waals surface area contributed by atoms with Gasteiger partial charge in [-0.15, -0.1) is 13.2 Å². The van der Waals surface area contributed by atoms with Crippen LogP contribution in [0.5, 0.6) is 5.75 Å². The van der Waals surface area contributed by atoms with Crippen LogP contribution in [-0.4, -0.2) is 47.1 Å². The lowest BCUT2D eigenvalue weighted by atomic mass is 9.69. The second-order valence-corrected chi connectivity index (χ2v) is 13.1. The number of rotatable bonds is 13. The number of hydrogen-bond acceptors (Lipinski definition) is 5. The van der Waals surface area contributed by atoms with Crippen molar-refractivity contribution < 1.29 is 19.2 Å². The minimum atomic E-state index is -1.51. The third kappa shape index (κ3) is 7.89. The van der Waals surface area contributed by atoms with Crippen molar-refractivity contribution in [3.8, 4) is 5.75 Å². The lowest BCUT2D eigenvalue weighted by molar-refractivity contribution is 0.0181. The molecule has 1 saturated carbocycles. The van der Waals surface area contributed by atoms with E-state index in [0.29, 0.717) is 36.8 Å². The van der Waals surface area contributed by atoms with E-state index in [4.69, 9.17) is 16.3 Å². The van der Waals surface area contributed by atoms with Gasteiger partial charge in [0.15, 0.2) is 0 Å². The van der Waals surface area contributed by atoms with Gasteiger partial charge in [0, 0.05) is 35.5 Å². The quantitative estimate of drug-likeness (QED) is 0.204. The summed E-state index contributed by atoms with van der Waals surface area (Å²) < 4.78 is 21.5. The summed E-state index contributed by atoms with van der Waals surface area (Å²) in [5.74, 6) is 1.32. The lowest BCUT2D eigenvalue weighted by Crippen LogP contribution is -2.44. The number of carbonyl (C=O) groups is 1. The molecule has 41 heavy (non-hydrogen) atoms. The largest absolute Gasteiger partial charge is 0.593 e. The normalized spacial score (nSPS) is 22.3. The molecule has 1 aliphatic heterocycles. The molecule has 1 heterocycles. The van der Waals surface area contributed by atoms with E-state index in [0.717, 1.165) is 48.7 Å². The van der Waals surface area contributed by atoms with Gasteiger partial charge in [-0.25, -0.2) is 0 Å². The number of aryl methyl sites for hydroxylation is 1. The van der Waals surface area contributed by atoms with Crippen LogP contribution < -0.4 is 14.4 Å². The number of allylic oxidation sites excluding steroid dienone is 1. The Kier molecular flexibility index (Phi) is 11.2. The maximum absolute atomic E-state index is 13.1. The van der Waals surface area contributed by atoms with Crippen molar-refractivity contribution in [3.05, 3.63) is 83.4 Å². The van der Waals surface area contributed by atoms with Crippen molar-refractivity contribution in [2.24, 2.45) is 17.8 Å². The predicted molar refractivity (Wildman–Crippen MR) is 169 cm³/mol. The summed E-state index contributed by atoms with van der Waals surface area (Å²) in [6.45, 7) is 13.6. The number of nitrogens with one attached hydrogen (secondary N) is 1. The number of aliphatic hydroxyl groups excluding tert-OH is 1.